The minimum Gasteiger partial charge on any atom is -0.497 e. The first-order valence-electron chi connectivity index (χ1n) is 10.2. The van der Waals surface area contributed by atoms with Crippen molar-refractivity contribution in [2.24, 2.45) is 0 Å². The van der Waals surface area contributed by atoms with Crippen LogP contribution in [0, 0.1) is 0 Å². The van der Waals surface area contributed by atoms with Crippen molar-refractivity contribution in [3.8, 4) is 5.75 Å². The van der Waals surface area contributed by atoms with Gasteiger partial charge in [-0.1, -0.05) is 6.92 Å². The molecule has 0 fully saturated rings. The molecule has 0 atom stereocenters. The van der Waals surface area contributed by atoms with Crippen LogP contribution in [0.1, 0.15) is 36.2 Å². The van der Waals surface area contributed by atoms with Crippen molar-refractivity contribution in [3.63, 3.8) is 0 Å². The zero-order valence-corrected chi connectivity index (χ0v) is 18.5. The van der Waals surface area contributed by atoms with E-state index in [0.717, 1.165) is 17.7 Å². The van der Waals surface area contributed by atoms with Crippen molar-refractivity contribution < 1.29 is 14.3 Å². The molecule has 2 N–H and O–H groups in total. The molecule has 2 rings (SSSR count). The average Bonchev–Trinajstić information content (AvgIpc) is 2.73. The number of benzene rings is 2. The van der Waals surface area contributed by atoms with Crippen LogP contribution in [0.5, 0.6) is 5.75 Å². The van der Waals surface area contributed by atoms with Gasteiger partial charge in [0.25, 0.3) is 5.91 Å². The third kappa shape index (κ3) is 6.14. The maximum Gasteiger partial charge on any atom is 0.319 e. The van der Waals surface area contributed by atoms with Crippen LogP contribution < -0.4 is 20.3 Å². The standard InChI is InChI=1S/C23H32N4O3/c1-6-14-27(22(28)17-8-11-20(30-5)12-9-17)16-18-15-19(25-23(29)24-7-2)10-13-21(18)26(3)4/h8-13,15H,6-7,14,16H2,1-5H3,(H2,24,25,29). The second-order valence-electron chi connectivity index (χ2n) is 7.18. The minimum atomic E-state index is -0.249. The first kappa shape index (κ1) is 23.1. The van der Waals surface area contributed by atoms with Crippen molar-refractivity contribution in [2.45, 2.75) is 26.8 Å². The summed E-state index contributed by atoms with van der Waals surface area (Å²) >= 11 is 0. The molecule has 0 aromatic heterocycles. The van der Waals surface area contributed by atoms with Gasteiger partial charge in [0.05, 0.1) is 7.11 Å². The van der Waals surface area contributed by atoms with Crippen LogP contribution >= 0.6 is 0 Å². The molecule has 0 aliphatic rings. The van der Waals surface area contributed by atoms with Crippen LogP contribution in [0.15, 0.2) is 42.5 Å². The largest absolute Gasteiger partial charge is 0.497 e. The van der Waals surface area contributed by atoms with E-state index < -0.39 is 0 Å². The zero-order valence-electron chi connectivity index (χ0n) is 18.5. The molecule has 0 aliphatic heterocycles. The summed E-state index contributed by atoms with van der Waals surface area (Å²) in [6.07, 6.45) is 0.843. The van der Waals surface area contributed by atoms with E-state index in [1.807, 2.05) is 55.9 Å². The Morgan fingerprint density at radius 3 is 2.30 bits per heavy atom. The number of urea groups is 1. The SMILES string of the molecule is CCCN(Cc1cc(NC(=O)NCC)ccc1N(C)C)C(=O)c1ccc(OC)cc1. The maximum absolute atomic E-state index is 13.2. The molecule has 0 heterocycles. The lowest BCUT2D eigenvalue weighted by molar-refractivity contribution is 0.0743. The highest BCUT2D eigenvalue weighted by atomic mass is 16.5. The van der Waals surface area contributed by atoms with E-state index in [2.05, 4.69) is 10.6 Å². The predicted octanol–water partition coefficient (Wildman–Crippen LogP) is 3.96. The fourth-order valence-corrected chi connectivity index (χ4v) is 3.21. The number of rotatable bonds is 9. The van der Waals surface area contributed by atoms with Crippen molar-refractivity contribution >= 4 is 23.3 Å². The Labute approximate surface area is 179 Å². The number of hydrogen-bond acceptors (Lipinski definition) is 4. The van der Waals surface area contributed by atoms with Gasteiger partial charge in [0.2, 0.25) is 0 Å². The maximum atomic E-state index is 13.2. The van der Waals surface area contributed by atoms with Crippen molar-refractivity contribution in [2.75, 3.05) is 44.5 Å². The van der Waals surface area contributed by atoms with Gasteiger partial charge in [0.1, 0.15) is 5.75 Å². The molecule has 2 aromatic rings. The Kier molecular flexibility index (Phi) is 8.53. The third-order valence-corrected chi connectivity index (χ3v) is 4.64. The van der Waals surface area contributed by atoms with E-state index in [9.17, 15) is 9.59 Å². The molecule has 0 bridgehead atoms. The number of hydrogen-bond donors (Lipinski definition) is 2. The van der Waals surface area contributed by atoms with Gasteiger partial charge in [0.15, 0.2) is 0 Å². The second kappa shape index (κ2) is 11.1. The van der Waals surface area contributed by atoms with Gasteiger partial charge in [-0.3, -0.25) is 4.79 Å². The zero-order chi connectivity index (χ0) is 22.1. The Morgan fingerprint density at radius 1 is 1.03 bits per heavy atom. The van der Waals surface area contributed by atoms with Crippen LogP contribution in [-0.4, -0.2) is 51.1 Å². The molecule has 7 nitrogen and oxygen atoms in total. The average molecular weight is 413 g/mol. The first-order chi connectivity index (χ1) is 14.4. The number of carbonyl (C=O) groups excluding carboxylic acids is 2. The number of ether oxygens (including phenoxy) is 1. The molecule has 30 heavy (non-hydrogen) atoms. The summed E-state index contributed by atoms with van der Waals surface area (Å²) < 4.78 is 5.19. The predicted molar refractivity (Wildman–Crippen MR) is 121 cm³/mol. The highest BCUT2D eigenvalue weighted by Crippen LogP contribution is 2.25. The van der Waals surface area contributed by atoms with Crippen LogP contribution in [0.4, 0.5) is 16.2 Å². The van der Waals surface area contributed by atoms with Crippen LogP contribution in [-0.2, 0) is 6.54 Å². The van der Waals surface area contributed by atoms with E-state index in [1.54, 1.807) is 31.4 Å². The Morgan fingerprint density at radius 2 is 1.73 bits per heavy atom. The van der Waals surface area contributed by atoms with Gasteiger partial charge in [-0.2, -0.15) is 0 Å². The van der Waals surface area contributed by atoms with Crippen molar-refractivity contribution in [1.29, 1.82) is 0 Å². The normalized spacial score (nSPS) is 10.3. The molecule has 0 unspecified atom stereocenters. The quantitative estimate of drug-likeness (QED) is 0.654. The van der Waals surface area contributed by atoms with E-state index >= 15 is 0 Å². The topological polar surface area (TPSA) is 73.9 Å². The summed E-state index contributed by atoms with van der Waals surface area (Å²) in [5.74, 6) is 0.680. The first-order valence-corrected chi connectivity index (χ1v) is 10.2. The third-order valence-electron chi connectivity index (χ3n) is 4.64. The lowest BCUT2D eigenvalue weighted by Gasteiger charge is -2.26. The molecule has 3 amide bonds. The van der Waals surface area contributed by atoms with Crippen molar-refractivity contribution in [1.82, 2.24) is 10.2 Å². The molecule has 0 aliphatic carbocycles. The molecule has 2 aromatic carbocycles. The highest BCUT2D eigenvalue weighted by molar-refractivity contribution is 5.94. The van der Waals surface area contributed by atoms with Crippen molar-refractivity contribution in [3.05, 3.63) is 53.6 Å². The van der Waals surface area contributed by atoms with Gasteiger partial charge in [-0.05, 0) is 61.4 Å². The molecule has 0 radical (unpaired) electrons. The van der Waals surface area contributed by atoms with Gasteiger partial charge in [-0.25, -0.2) is 4.79 Å². The van der Waals surface area contributed by atoms with Crippen LogP contribution in [0.3, 0.4) is 0 Å². The monoisotopic (exact) mass is 412 g/mol. The summed E-state index contributed by atoms with van der Waals surface area (Å²) in [5, 5.41) is 5.57. The summed E-state index contributed by atoms with van der Waals surface area (Å²) in [4.78, 5) is 28.9. The lowest BCUT2D eigenvalue weighted by Crippen LogP contribution is -2.32. The van der Waals surface area contributed by atoms with Gasteiger partial charge >= 0.3 is 6.03 Å². The van der Waals surface area contributed by atoms with E-state index in [0.29, 0.717) is 36.6 Å². The molecule has 0 saturated heterocycles. The molecular weight excluding hydrogens is 380 g/mol. The van der Waals surface area contributed by atoms with Crippen LogP contribution in [0.25, 0.3) is 0 Å². The van der Waals surface area contributed by atoms with E-state index in [1.165, 1.54) is 0 Å². The van der Waals surface area contributed by atoms with E-state index in [4.69, 9.17) is 4.74 Å². The van der Waals surface area contributed by atoms with Gasteiger partial charge in [0, 0.05) is 50.7 Å². The Bertz CT molecular complexity index is 850. The smallest absolute Gasteiger partial charge is 0.319 e. The molecule has 0 saturated carbocycles. The molecular formula is C23H32N4O3. The molecule has 0 spiro atoms. The fraction of sp³-hybridized carbons (Fsp3) is 0.391. The van der Waals surface area contributed by atoms with E-state index in [-0.39, 0.29) is 11.9 Å². The summed E-state index contributed by atoms with van der Waals surface area (Å²) in [5.41, 5.74) is 3.27. The lowest BCUT2D eigenvalue weighted by atomic mass is 10.1. The number of carbonyl (C=O) groups is 2. The fourth-order valence-electron chi connectivity index (χ4n) is 3.21. The minimum absolute atomic E-state index is 0.0358. The summed E-state index contributed by atoms with van der Waals surface area (Å²) in [7, 11) is 5.53. The number of nitrogens with zero attached hydrogens (tertiary/aromatic N) is 2. The van der Waals surface area contributed by atoms with Gasteiger partial charge in [-0.15, -0.1) is 0 Å². The number of amides is 3. The number of anilines is 2. The summed E-state index contributed by atoms with van der Waals surface area (Å²) in [6, 6.07) is 12.6. The number of methoxy groups -OCH3 is 1. The number of nitrogens with one attached hydrogen (secondary N) is 2. The molecule has 7 heteroatoms. The summed E-state index contributed by atoms with van der Waals surface area (Å²) in [6.45, 7) is 5.54. The van der Waals surface area contributed by atoms with Gasteiger partial charge < -0.3 is 25.2 Å². The second-order valence-corrected chi connectivity index (χ2v) is 7.18. The Balaban J connectivity index is 2.30. The molecule has 162 valence electrons. The highest BCUT2D eigenvalue weighted by Gasteiger charge is 2.18. The Hall–Kier alpha value is -3.22. The van der Waals surface area contributed by atoms with Crippen LogP contribution in [0.2, 0.25) is 0 Å².